The summed E-state index contributed by atoms with van der Waals surface area (Å²) in [4.78, 5) is 10.9. The van der Waals surface area contributed by atoms with Gasteiger partial charge in [0.15, 0.2) is 0 Å². The molecule has 0 aromatic carbocycles. The van der Waals surface area contributed by atoms with Gasteiger partial charge in [0.1, 0.15) is 0 Å². The zero-order valence-corrected chi connectivity index (χ0v) is 15.8. The van der Waals surface area contributed by atoms with Crippen molar-refractivity contribution >= 4 is 5.97 Å². The van der Waals surface area contributed by atoms with Gasteiger partial charge in [0.25, 0.3) is 0 Å². The van der Waals surface area contributed by atoms with Gasteiger partial charge >= 0.3 is 5.97 Å². The van der Waals surface area contributed by atoms with Gasteiger partial charge in [-0.3, -0.25) is 4.79 Å². The Morgan fingerprint density at radius 3 is 1.61 bits per heavy atom. The van der Waals surface area contributed by atoms with Gasteiger partial charge in [-0.25, -0.2) is 0 Å². The van der Waals surface area contributed by atoms with E-state index in [4.69, 9.17) is 0 Å². The second kappa shape index (κ2) is 19.3. The van der Waals surface area contributed by atoms with Crippen LogP contribution in [-0.4, -0.2) is 13.1 Å². The molecule has 0 amide bonds. The van der Waals surface area contributed by atoms with Crippen LogP contribution < -0.4 is 0 Å². The lowest BCUT2D eigenvalue weighted by Gasteiger charge is -2.02. The summed E-state index contributed by atoms with van der Waals surface area (Å²) in [7, 11) is 1.46. The quantitative estimate of drug-likeness (QED) is 0.164. The third-order valence-electron chi connectivity index (χ3n) is 4.37. The molecule has 0 bridgehead atoms. The van der Waals surface area contributed by atoms with E-state index in [2.05, 4.69) is 23.8 Å². The van der Waals surface area contributed by atoms with E-state index < -0.39 is 0 Å². The molecule has 0 atom stereocenters. The van der Waals surface area contributed by atoms with Crippen LogP contribution in [0, 0.1) is 0 Å². The Kier molecular flexibility index (Phi) is 18.6. The van der Waals surface area contributed by atoms with Gasteiger partial charge in [-0.2, -0.15) is 0 Å². The maximum atomic E-state index is 10.9. The first-order chi connectivity index (χ1) is 11.3. The molecule has 0 aliphatic carbocycles. The Balaban J connectivity index is 3.05. The molecule has 0 saturated carbocycles. The number of rotatable bonds is 17. The molecule has 0 radical (unpaired) electrons. The van der Waals surface area contributed by atoms with Crippen molar-refractivity contribution in [3.63, 3.8) is 0 Å². The maximum absolute atomic E-state index is 10.9. The van der Waals surface area contributed by atoms with E-state index in [1.807, 2.05) is 0 Å². The van der Waals surface area contributed by atoms with Crippen LogP contribution >= 0.6 is 0 Å². The average molecular weight is 325 g/mol. The topological polar surface area (TPSA) is 26.3 Å². The maximum Gasteiger partial charge on any atom is 0.305 e. The largest absolute Gasteiger partial charge is 0.469 e. The van der Waals surface area contributed by atoms with Crippen LogP contribution in [0.2, 0.25) is 0 Å². The second-order valence-electron chi connectivity index (χ2n) is 6.62. The highest BCUT2D eigenvalue weighted by Gasteiger charge is 1.99. The van der Waals surface area contributed by atoms with Crippen molar-refractivity contribution in [2.45, 2.75) is 110 Å². The molecule has 23 heavy (non-hydrogen) atoms. The summed E-state index contributed by atoms with van der Waals surface area (Å²) in [5.74, 6) is -0.0681. The van der Waals surface area contributed by atoms with E-state index in [-0.39, 0.29) is 5.97 Å². The standard InChI is InChI=1S/C21H40O2/c1-3-4-5-6-7-8-9-10-11-12-13-14-15-16-17-18-19-20-21(22)23-2/h6-7H,3-5,8-20H2,1-2H3/b7-6+. The Labute approximate surface area is 145 Å². The minimum atomic E-state index is -0.0681. The highest BCUT2D eigenvalue weighted by molar-refractivity contribution is 5.68. The van der Waals surface area contributed by atoms with Crippen molar-refractivity contribution in [3.8, 4) is 0 Å². The molecule has 0 rings (SSSR count). The van der Waals surface area contributed by atoms with Crippen molar-refractivity contribution < 1.29 is 9.53 Å². The second-order valence-corrected chi connectivity index (χ2v) is 6.62. The van der Waals surface area contributed by atoms with Crippen LogP contribution in [0.1, 0.15) is 110 Å². The predicted octanol–water partition coefficient (Wildman–Crippen LogP) is 6.98. The fraction of sp³-hybridized carbons (Fsp3) is 0.857. The third kappa shape index (κ3) is 19.2. The molecule has 136 valence electrons. The highest BCUT2D eigenvalue weighted by Crippen LogP contribution is 2.12. The number of esters is 1. The summed E-state index contributed by atoms with van der Waals surface area (Å²) in [6.07, 6.45) is 24.9. The molecule has 0 fully saturated rings. The Bertz CT molecular complexity index is 271. The van der Waals surface area contributed by atoms with Gasteiger partial charge in [0.2, 0.25) is 0 Å². The number of ether oxygens (including phenoxy) is 1. The molecule has 2 nitrogen and oxygen atoms in total. The molecule has 0 aromatic rings. The fourth-order valence-electron chi connectivity index (χ4n) is 2.78. The van der Waals surface area contributed by atoms with Gasteiger partial charge in [-0.1, -0.05) is 89.7 Å². The zero-order chi connectivity index (χ0) is 17.0. The first kappa shape index (κ1) is 22.2. The molecule has 0 spiro atoms. The fourth-order valence-corrected chi connectivity index (χ4v) is 2.78. The predicted molar refractivity (Wildman–Crippen MR) is 101 cm³/mol. The third-order valence-corrected chi connectivity index (χ3v) is 4.37. The van der Waals surface area contributed by atoms with Crippen LogP contribution in [0.15, 0.2) is 12.2 Å². The van der Waals surface area contributed by atoms with Crippen molar-refractivity contribution in [2.75, 3.05) is 7.11 Å². The molecule has 0 N–H and O–H groups in total. The molecular formula is C21H40O2. The van der Waals surface area contributed by atoms with Gasteiger partial charge in [0, 0.05) is 6.42 Å². The number of carbonyl (C=O) groups is 1. The van der Waals surface area contributed by atoms with Gasteiger partial charge in [-0.15, -0.1) is 0 Å². The van der Waals surface area contributed by atoms with Crippen LogP contribution in [0.25, 0.3) is 0 Å². The van der Waals surface area contributed by atoms with Gasteiger partial charge in [-0.05, 0) is 25.7 Å². The van der Waals surface area contributed by atoms with E-state index >= 15 is 0 Å². The number of methoxy groups -OCH3 is 1. The number of hydrogen-bond donors (Lipinski definition) is 0. The molecule has 0 saturated heterocycles. The SMILES string of the molecule is CCCC/C=C/CCCCCCCCCCCCCC(=O)OC. The lowest BCUT2D eigenvalue weighted by Crippen LogP contribution is -1.99. The monoisotopic (exact) mass is 324 g/mol. The van der Waals surface area contributed by atoms with Crippen LogP contribution in [0.4, 0.5) is 0 Å². The summed E-state index contributed by atoms with van der Waals surface area (Å²) >= 11 is 0. The Morgan fingerprint density at radius 2 is 1.13 bits per heavy atom. The summed E-state index contributed by atoms with van der Waals surface area (Å²) < 4.78 is 4.64. The molecule has 0 heterocycles. The summed E-state index contributed by atoms with van der Waals surface area (Å²) in [5, 5.41) is 0. The summed E-state index contributed by atoms with van der Waals surface area (Å²) in [6, 6.07) is 0. The number of hydrogen-bond acceptors (Lipinski definition) is 2. The lowest BCUT2D eigenvalue weighted by molar-refractivity contribution is -0.140. The molecule has 0 aliphatic rings. The zero-order valence-electron chi connectivity index (χ0n) is 15.8. The summed E-state index contributed by atoms with van der Waals surface area (Å²) in [6.45, 7) is 2.25. The van der Waals surface area contributed by atoms with Crippen molar-refractivity contribution in [2.24, 2.45) is 0 Å². The molecule has 0 aliphatic heterocycles. The van der Waals surface area contributed by atoms with E-state index in [0.29, 0.717) is 6.42 Å². The van der Waals surface area contributed by atoms with E-state index in [1.165, 1.54) is 97.0 Å². The molecule has 0 aromatic heterocycles. The molecule has 0 unspecified atom stereocenters. The number of carbonyl (C=O) groups excluding carboxylic acids is 1. The van der Waals surface area contributed by atoms with Gasteiger partial charge in [0.05, 0.1) is 7.11 Å². The van der Waals surface area contributed by atoms with Crippen molar-refractivity contribution in [3.05, 3.63) is 12.2 Å². The van der Waals surface area contributed by atoms with E-state index in [9.17, 15) is 4.79 Å². The van der Waals surface area contributed by atoms with Crippen LogP contribution in [0.5, 0.6) is 0 Å². The number of unbranched alkanes of at least 4 members (excludes halogenated alkanes) is 13. The van der Waals surface area contributed by atoms with Crippen molar-refractivity contribution in [1.29, 1.82) is 0 Å². The highest BCUT2D eigenvalue weighted by atomic mass is 16.5. The Morgan fingerprint density at radius 1 is 0.696 bits per heavy atom. The molecular weight excluding hydrogens is 284 g/mol. The normalized spacial score (nSPS) is 11.2. The first-order valence-corrected chi connectivity index (χ1v) is 10.0. The van der Waals surface area contributed by atoms with Crippen LogP contribution in [0.3, 0.4) is 0 Å². The lowest BCUT2D eigenvalue weighted by atomic mass is 10.0. The first-order valence-electron chi connectivity index (χ1n) is 10.0. The molecule has 2 heteroatoms. The number of allylic oxidation sites excluding steroid dienone is 2. The smallest absolute Gasteiger partial charge is 0.305 e. The minimum absolute atomic E-state index is 0.0681. The van der Waals surface area contributed by atoms with Gasteiger partial charge < -0.3 is 4.74 Å². The Hall–Kier alpha value is -0.790. The minimum Gasteiger partial charge on any atom is -0.469 e. The average Bonchev–Trinajstić information content (AvgIpc) is 2.57. The van der Waals surface area contributed by atoms with Crippen molar-refractivity contribution in [1.82, 2.24) is 0 Å². The summed E-state index contributed by atoms with van der Waals surface area (Å²) in [5.41, 5.74) is 0. The van der Waals surface area contributed by atoms with E-state index in [1.54, 1.807) is 0 Å². The van der Waals surface area contributed by atoms with E-state index in [0.717, 1.165) is 6.42 Å². The van der Waals surface area contributed by atoms with Crippen LogP contribution in [-0.2, 0) is 9.53 Å².